The van der Waals surface area contributed by atoms with Crippen molar-refractivity contribution >= 4 is 17.6 Å². The van der Waals surface area contributed by atoms with Gasteiger partial charge >= 0.3 is 6.03 Å². The van der Waals surface area contributed by atoms with Gasteiger partial charge in [-0.3, -0.25) is 9.69 Å². The van der Waals surface area contributed by atoms with Crippen LogP contribution in [0.15, 0.2) is 60.7 Å². The van der Waals surface area contributed by atoms with Crippen LogP contribution in [0.2, 0.25) is 0 Å². The van der Waals surface area contributed by atoms with Gasteiger partial charge < -0.3 is 19.9 Å². The third-order valence-corrected chi connectivity index (χ3v) is 5.59. The predicted octanol–water partition coefficient (Wildman–Crippen LogP) is 2.38. The standard InChI is InChI=1S/C23H28N4O3/c28-22(19-7-3-1-4-8-19)26-13-11-25(12-14-26)17-21-18-27(15-16-30-21)23(29)24-20-9-5-2-6-10-20/h1-10,21H,11-18H2,(H,24,29). The number of nitrogens with zero attached hydrogens (tertiary/aromatic N) is 3. The van der Waals surface area contributed by atoms with Crippen LogP contribution in [0.3, 0.4) is 0 Å². The lowest BCUT2D eigenvalue weighted by molar-refractivity contribution is -0.0338. The third-order valence-electron chi connectivity index (χ3n) is 5.59. The molecule has 1 unspecified atom stereocenters. The highest BCUT2D eigenvalue weighted by Crippen LogP contribution is 2.13. The Bertz CT molecular complexity index is 838. The van der Waals surface area contributed by atoms with Gasteiger partial charge in [0.2, 0.25) is 0 Å². The number of benzene rings is 2. The van der Waals surface area contributed by atoms with E-state index in [-0.39, 0.29) is 18.0 Å². The number of morpholine rings is 1. The normalized spacial score (nSPS) is 20.1. The molecule has 1 N–H and O–H groups in total. The van der Waals surface area contributed by atoms with Crippen LogP contribution in [-0.2, 0) is 4.74 Å². The first-order valence-corrected chi connectivity index (χ1v) is 10.5. The monoisotopic (exact) mass is 408 g/mol. The largest absolute Gasteiger partial charge is 0.373 e. The van der Waals surface area contributed by atoms with Crippen molar-refractivity contribution in [3.8, 4) is 0 Å². The topological polar surface area (TPSA) is 65.1 Å². The number of anilines is 1. The molecule has 2 fully saturated rings. The van der Waals surface area contributed by atoms with Crippen molar-refractivity contribution in [2.75, 3.05) is 57.7 Å². The molecule has 1 atom stereocenters. The maximum absolute atomic E-state index is 12.6. The maximum Gasteiger partial charge on any atom is 0.322 e. The van der Waals surface area contributed by atoms with E-state index in [1.165, 1.54) is 0 Å². The Morgan fingerprint density at radius 1 is 0.867 bits per heavy atom. The number of carbonyl (C=O) groups is 2. The number of para-hydroxylation sites is 1. The fourth-order valence-electron chi connectivity index (χ4n) is 3.92. The molecule has 0 bridgehead atoms. The first-order valence-electron chi connectivity index (χ1n) is 10.5. The van der Waals surface area contributed by atoms with Crippen molar-refractivity contribution < 1.29 is 14.3 Å². The first kappa shape index (κ1) is 20.4. The van der Waals surface area contributed by atoms with E-state index in [1.807, 2.05) is 70.5 Å². The minimum absolute atomic E-state index is 0.0170. The van der Waals surface area contributed by atoms with Gasteiger partial charge in [-0.05, 0) is 24.3 Å². The van der Waals surface area contributed by atoms with E-state index in [1.54, 1.807) is 0 Å². The van der Waals surface area contributed by atoms with Crippen LogP contribution >= 0.6 is 0 Å². The Balaban J connectivity index is 1.24. The second-order valence-electron chi connectivity index (χ2n) is 7.69. The van der Waals surface area contributed by atoms with Crippen molar-refractivity contribution in [2.24, 2.45) is 0 Å². The zero-order valence-corrected chi connectivity index (χ0v) is 17.1. The van der Waals surface area contributed by atoms with Gasteiger partial charge in [0.05, 0.1) is 12.7 Å². The van der Waals surface area contributed by atoms with Crippen LogP contribution < -0.4 is 5.32 Å². The number of urea groups is 1. The highest BCUT2D eigenvalue weighted by molar-refractivity contribution is 5.94. The predicted molar refractivity (Wildman–Crippen MR) is 116 cm³/mol. The molecule has 7 heteroatoms. The van der Waals surface area contributed by atoms with E-state index >= 15 is 0 Å². The highest BCUT2D eigenvalue weighted by atomic mass is 16.5. The molecule has 2 heterocycles. The van der Waals surface area contributed by atoms with Gasteiger partial charge in [0.1, 0.15) is 0 Å². The van der Waals surface area contributed by atoms with Crippen LogP contribution in [0.1, 0.15) is 10.4 Å². The molecule has 158 valence electrons. The molecule has 3 amide bonds. The van der Waals surface area contributed by atoms with Crippen molar-refractivity contribution in [1.82, 2.24) is 14.7 Å². The third kappa shape index (κ3) is 5.17. The van der Waals surface area contributed by atoms with E-state index in [0.29, 0.717) is 32.8 Å². The number of hydrogen-bond acceptors (Lipinski definition) is 4. The zero-order chi connectivity index (χ0) is 20.8. The molecule has 2 aliphatic heterocycles. The molecule has 0 saturated carbocycles. The van der Waals surface area contributed by atoms with Gasteiger partial charge in [0, 0.05) is 57.1 Å². The fraction of sp³-hybridized carbons (Fsp3) is 0.391. The summed E-state index contributed by atoms with van der Waals surface area (Å²) in [5.41, 5.74) is 1.53. The average molecular weight is 409 g/mol. The molecular weight excluding hydrogens is 380 g/mol. The molecule has 7 nitrogen and oxygen atoms in total. The van der Waals surface area contributed by atoms with Gasteiger partial charge in [-0.2, -0.15) is 0 Å². The summed E-state index contributed by atoms with van der Waals surface area (Å²) in [4.78, 5) is 31.2. The van der Waals surface area contributed by atoms with Crippen molar-refractivity contribution in [3.63, 3.8) is 0 Å². The zero-order valence-electron chi connectivity index (χ0n) is 17.1. The lowest BCUT2D eigenvalue weighted by atomic mass is 10.1. The van der Waals surface area contributed by atoms with E-state index in [0.717, 1.165) is 30.9 Å². The Morgan fingerprint density at radius 2 is 1.53 bits per heavy atom. The van der Waals surface area contributed by atoms with Crippen LogP contribution in [0.5, 0.6) is 0 Å². The summed E-state index contributed by atoms with van der Waals surface area (Å²) in [7, 11) is 0. The Labute approximate surface area is 177 Å². The molecule has 2 aromatic carbocycles. The van der Waals surface area contributed by atoms with Gasteiger partial charge in [-0.1, -0.05) is 36.4 Å². The van der Waals surface area contributed by atoms with E-state index in [2.05, 4.69) is 10.2 Å². The lowest BCUT2D eigenvalue weighted by Gasteiger charge is -2.39. The van der Waals surface area contributed by atoms with Crippen LogP contribution in [0, 0.1) is 0 Å². The van der Waals surface area contributed by atoms with Gasteiger partial charge in [-0.25, -0.2) is 4.79 Å². The molecule has 0 radical (unpaired) electrons. The first-order chi connectivity index (χ1) is 14.7. The maximum atomic E-state index is 12.6. The smallest absolute Gasteiger partial charge is 0.322 e. The summed E-state index contributed by atoms with van der Waals surface area (Å²) >= 11 is 0. The summed E-state index contributed by atoms with van der Waals surface area (Å²) < 4.78 is 5.91. The number of hydrogen-bond donors (Lipinski definition) is 1. The van der Waals surface area contributed by atoms with E-state index in [9.17, 15) is 9.59 Å². The fourth-order valence-corrected chi connectivity index (χ4v) is 3.92. The molecule has 30 heavy (non-hydrogen) atoms. The minimum Gasteiger partial charge on any atom is -0.373 e. The second-order valence-corrected chi connectivity index (χ2v) is 7.69. The molecule has 2 saturated heterocycles. The number of rotatable bonds is 4. The summed E-state index contributed by atoms with van der Waals surface area (Å²) in [6, 6.07) is 18.8. The van der Waals surface area contributed by atoms with Crippen molar-refractivity contribution in [3.05, 3.63) is 66.2 Å². The number of piperazine rings is 1. The second kappa shape index (κ2) is 9.73. The van der Waals surface area contributed by atoms with Gasteiger partial charge in [-0.15, -0.1) is 0 Å². The SMILES string of the molecule is O=C(Nc1ccccc1)N1CCOC(CN2CCN(C(=O)c3ccccc3)CC2)C1. The van der Waals surface area contributed by atoms with Gasteiger partial charge in [0.15, 0.2) is 0 Å². The Kier molecular flexibility index (Phi) is 6.61. The molecule has 2 aliphatic rings. The number of nitrogens with one attached hydrogen (secondary N) is 1. The highest BCUT2D eigenvalue weighted by Gasteiger charge is 2.28. The van der Waals surface area contributed by atoms with Crippen molar-refractivity contribution in [1.29, 1.82) is 0 Å². The minimum atomic E-state index is -0.0900. The number of amides is 3. The van der Waals surface area contributed by atoms with Crippen LogP contribution in [0.25, 0.3) is 0 Å². The molecule has 0 spiro atoms. The molecular formula is C23H28N4O3. The van der Waals surface area contributed by atoms with Crippen LogP contribution in [0.4, 0.5) is 10.5 Å². The number of carbonyl (C=O) groups excluding carboxylic acids is 2. The average Bonchev–Trinajstić information content (AvgIpc) is 2.80. The molecule has 2 aromatic rings. The Morgan fingerprint density at radius 3 is 2.23 bits per heavy atom. The van der Waals surface area contributed by atoms with E-state index in [4.69, 9.17) is 4.74 Å². The number of ether oxygens (including phenoxy) is 1. The molecule has 0 aliphatic carbocycles. The summed E-state index contributed by atoms with van der Waals surface area (Å²) in [6.07, 6.45) is -0.0170. The molecule has 0 aromatic heterocycles. The molecule has 4 rings (SSSR count). The summed E-state index contributed by atoms with van der Waals surface area (Å²) in [6.45, 7) is 5.51. The van der Waals surface area contributed by atoms with Gasteiger partial charge in [0.25, 0.3) is 5.91 Å². The quantitative estimate of drug-likeness (QED) is 0.844. The Hall–Kier alpha value is -2.90. The van der Waals surface area contributed by atoms with E-state index < -0.39 is 0 Å². The summed E-state index contributed by atoms with van der Waals surface area (Å²) in [5, 5.41) is 2.94. The summed E-state index contributed by atoms with van der Waals surface area (Å²) in [5.74, 6) is 0.0907. The van der Waals surface area contributed by atoms with Crippen molar-refractivity contribution in [2.45, 2.75) is 6.10 Å². The lowest BCUT2D eigenvalue weighted by Crippen LogP contribution is -2.54. The van der Waals surface area contributed by atoms with Crippen LogP contribution in [-0.4, -0.2) is 85.2 Å².